The van der Waals surface area contributed by atoms with E-state index >= 15 is 0 Å². The van der Waals surface area contributed by atoms with Gasteiger partial charge in [0.15, 0.2) is 5.78 Å². The Morgan fingerprint density at radius 1 is 1.14 bits per heavy atom. The van der Waals surface area contributed by atoms with Crippen LogP contribution in [0.5, 0.6) is 0 Å². The van der Waals surface area contributed by atoms with Crippen molar-refractivity contribution in [3.8, 4) is 6.07 Å². The maximum absolute atomic E-state index is 13.4. The molecule has 2 aliphatic heterocycles. The quantitative estimate of drug-likeness (QED) is 0.746. The Kier molecular flexibility index (Phi) is 5.31. The number of carbonyl (C=O) groups is 2. The average Bonchev–Trinajstić information content (AvgIpc) is 3.38. The molecule has 2 fully saturated rings. The van der Waals surface area contributed by atoms with Crippen molar-refractivity contribution in [2.75, 3.05) is 23.0 Å². The van der Waals surface area contributed by atoms with Gasteiger partial charge in [0, 0.05) is 6.54 Å². The first-order valence-corrected chi connectivity index (χ1v) is 10.9. The molecule has 1 aromatic heterocycles. The fraction of sp³-hybridized carbons (Fsp3) is 0.333. The molecule has 0 spiro atoms. The second-order valence-corrected chi connectivity index (χ2v) is 9.16. The van der Waals surface area contributed by atoms with Gasteiger partial charge in [-0.1, -0.05) is 30.3 Å². The highest BCUT2D eigenvalue weighted by atomic mass is 32.2. The Bertz CT molecular complexity index is 961. The van der Waals surface area contributed by atoms with E-state index in [9.17, 15) is 14.9 Å². The van der Waals surface area contributed by atoms with Crippen LogP contribution in [-0.2, 0) is 9.59 Å². The van der Waals surface area contributed by atoms with Crippen LogP contribution in [0.4, 0.5) is 5.69 Å². The smallest absolute Gasteiger partial charge is 0.235 e. The Morgan fingerprint density at radius 2 is 1.82 bits per heavy atom. The van der Waals surface area contributed by atoms with Crippen LogP contribution in [0, 0.1) is 17.2 Å². The topological polar surface area (TPSA) is 86.9 Å². The van der Waals surface area contributed by atoms with Crippen molar-refractivity contribution in [1.29, 1.82) is 5.26 Å². The lowest BCUT2D eigenvalue weighted by Gasteiger charge is -2.16. The lowest BCUT2D eigenvalue weighted by atomic mass is 9.85. The fourth-order valence-electron chi connectivity index (χ4n) is 3.95. The third-order valence-electron chi connectivity index (χ3n) is 5.31. The maximum Gasteiger partial charge on any atom is 0.235 e. The molecule has 1 aromatic carbocycles. The number of ketones is 1. The molecule has 0 radical (unpaired) electrons. The van der Waals surface area contributed by atoms with Gasteiger partial charge in [-0.25, -0.2) is 9.97 Å². The highest BCUT2D eigenvalue weighted by molar-refractivity contribution is 8.17. The molecule has 1 amide bonds. The lowest BCUT2D eigenvalue weighted by Crippen LogP contribution is -2.29. The monoisotopic (exact) mass is 392 g/mol. The standard InChI is InChI=1S/C21H20N4O2S/c22-10-18(28-8-4-5-9-28)20(26)17-13-25(16-11-23-14-24-12-16)21(27)19(17)15-6-2-1-3-7-15/h1-3,6-7,11-12,14,17,19H,4-5,8-9,13H2/t17-,19+/m0/s1. The van der Waals surface area contributed by atoms with E-state index < -0.39 is 11.8 Å². The molecule has 2 atom stereocenters. The van der Waals surface area contributed by atoms with E-state index in [1.54, 1.807) is 17.3 Å². The van der Waals surface area contributed by atoms with Gasteiger partial charge >= 0.3 is 0 Å². The molecule has 4 rings (SSSR count). The van der Waals surface area contributed by atoms with Crippen molar-refractivity contribution in [2.45, 2.75) is 18.8 Å². The van der Waals surface area contributed by atoms with Crippen LogP contribution in [0.3, 0.4) is 0 Å². The Labute approximate surface area is 166 Å². The molecule has 0 saturated carbocycles. The predicted molar refractivity (Wildman–Crippen MR) is 109 cm³/mol. The number of rotatable bonds is 4. The average molecular weight is 392 g/mol. The van der Waals surface area contributed by atoms with Crippen molar-refractivity contribution in [3.63, 3.8) is 0 Å². The molecule has 0 bridgehead atoms. The summed E-state index contributed by atoms with van der Waals surface area (Å²) < 4.78 is 0. The van der Waals surface area contributed by atoms with E-state index in [0.717, 1.165) is 29.9 Å². The molecule has 7 heteroatoms. The molecular weight excluding hydrogens is 372 g/mol. The van der Waals surface area contributed by atoms with Crippen molar-refractivity contribution < 1.29 is 9.59 Å². The zero-order valence-electron chi connectivity index (χ0n) is 15.3. The van der Waals surface area contributed by atoms with Crippen molar-refractivity contribution >= 4 is 32.7 Å². The molecule has 3 heterocycles. The summed E-state index contributed by atoms with van der Waals surface area (Å²) in [5.41, 5.74) is 1.38. The number of hydrogen-bond donors (Lipinski definition) is 0. The first-order chi connectivity index (χ1) is 13.7. The second-order valence-electron chi connectivity index (χ2n) is 6.95. The van der Waals surface area contributed by atoms with Crippen LogP contribution in [0.2, 0.25) is 0 Å². The number of hydrogen-bond acceptors (Lipinski definition) is 5. The molecule has 28 heavy (non-hydrogen) atoms. The van der Waals surface area contributed by atoms with Gasteiger partial charge in [-0.3, -0.25) is 9.59 Å². The third-order valence-corrected chi connectivity index (χ3v) is 7.75. The molecular formula is C21H20N4O2S. The highest BCUT2D eigenvalue weighted by Crippen LogP contribution is 2.38. The molecule has 2 aromatic rings. The van der Waals surface area contributed by atoms with Gasteiger partial charge in [0.05, 0.1) is 29.9 Å². The van der Waals surface area contributed by atoms with Crippen LogP contribution in [0.1, 0.15) is 24.3 Å². The SMILES string of the molecule is N#CC(C(=O)[C@H]1CN(c2cncnc2)C(=O)[C@@H]1c1ccccc1)=S1CCCC1. The number of aromatic nitrogens is 2. The molecule has 142 valence electrons. The summed E-state index contributed by atoms with van der Waals surface area (Å²) in [5.74, 6) is 0.324. The molecule has 0 aliphatic carbocycles. The number of nitrogens with zero attached hydrogens (tertiary/aromatic N) is 4. The molecule has 0 N–H and O–H groups in total. The van der Waals surface area contributed by atoms with Crippen LogP contribution < -0.4 is 4.90 Å². The molecule has 2 saturated heterocycles. The number of anilines is 1. The molecule has 2 aliphatic rings. The van der Waals surface area contributed by atoms with Crippen LogP contribution >= 0.6 is 10.5 Å². The van der Waals surface area contributed by atoms with Gasteiger partial charge in [0.25, 0.3) is 0 Å². The molecule has 0 unspecified atom stereocenters. The predicted octanol–water partition coefficient (Wildman–Crippen LogP) is 2.55. The van der Waals surface area contributed by atoms with E-state index in [1.165, 1.54) is 6.33 Å². The fourth-order valence-corrected chi connectivity index (χ4v) is 6.24. The van der Waals surface area contributed by atoms with Crippen molar-refractivity contribution in [1.82, 2.24) is 9.97 Å². The van der Waals surface area contributed by atoms with Gasteiger partial charge in [-0.15, -0.1) is 0 Å². The van der Waals surface area contributed by atoms with Gasteiger partial charge in [-0.2, -0.15) is 15.7 Å². The minimum absolute atomic E-state index is 0.147. The number of benzene rings is 1. The first-order valence-electron chi connectivity index (χ1n) is 9.31. The van der Waals surface area contributed by atoms with Gasteiger partial charge in [0.2, 0.25) is 5.91 Å². The summed E-state index contributed by atoms with van der Waals surface area (Å²) in [5, 5.41) is 9.70. The van der Waals surface area contributed by atoms with Gasteiger partial charge in [-0.05, 0) is 29.9 Å². The number of Topliss-reactive ketones (excluding diaryl/α,β-unsaturated/α-hetero) is 1. The summed E-state index contributed by atoms with van der Waals surface area (Å²) in [6, 6.07) is 11.6. The maximum atomic E-state index is 13.4. The zero-order chi connectivity index (χ0) is 19.5. The van der Waals surface area contributed by atoms with E-state index in [4.69, 9.17) is 0 Å². The Hall–Kier alpha value is -2.85. The normalized spacial score (nSPS) is 22.2. The number of amides is 1. The lowest BCUT2D eigenvalue weighted by molar-refractivity contribution is -0.122. The van der Waals surface area contributed by atoms with E-state index in [0.29, 0.717) is 10.6 Å². The number of nitriles is 1. The second kappa shape index (κ2) is 8.03. The largest absolute Gasteiger partial charge is 0.308 e. The Balaban J connectivity index is 1.75. The molecule has 6 nitrogen and oxygen atoms in total. The van der Waals surface area contributed by atoms with Crippen LogP contribution in [0.15, 0.2) is 49.1 Å². The third kappa shape index (κ3) is 3.36. The summed E-state index contributed by atoms with van der Waals surface area (Å²) in [4.78, 5) is 36.6. The van der Waals surface area contributed by atoms with Crippen molar-refractivity contribution in [2.24, 2.45) is 5.92 Å². The zero-order valence-corrected chi connectivity index (χ0v) is 16.1. The summed E-state index contributed by atoms with van der Waals surface area (Å²) in [6.45, 7) is 0.243. The van der Waals surface area contributed by atoms with E-state index in [-0.39, 0.29) is 28.7 Å². The Morgan fingerprint density at radius 3 is 2.46 bits per heavy atom. The summed E-state index contributed by atoms with van der Waals surface area (Å²) >= 11 is 0. The summed E-state index contributed by atoms with van der Waals surface area (Å²) in [7, 11) is -0.278. The first kappa shape index (κ1) is 18.5. The van der Waals surface area contributed by atoms with Gasteiger partial charge < -0.3 is 4.90 Å². The van der Waals surface area contributed by atoms with Crippen LogP contribution in [-0.4, -0.2) is 44.6 Å². The minimum atomic E-state index is -0.594. The summed E-state index contributed by atoms with van der Waals surface area (Å²) in [6.07, 6.45) is 6.67. The van der Waals surface area contributed by atoms with Crippen molar-refractivity contribution in [3.05, 3.63) is 54.6 Å². The van der Waals surface area contributed by atoms with Crippen LogP contribution in [0.25, 0.3) is 0 Å². The number of carbonyl (C=O) groups excluding carboxylic acids is 2. The highest BCUT2D eigenvalue weighted by Gasteiger charge is 2.46. The minimum Gasteiger partial charge on any atom is -0.308 e. The van der Waals surface area contributed by atoms with E-state index in [2.05, 4.69) is 16.0 Å². The van der Waals surface area contributed by atoms with Gasteiger partial charge in [0.1, 0.15) is 17.3 Å². The van der Waals surface area contributed by atoms with E-state index in [1.807, 2.05) is 30.3 Å².